The molecular formula is C21H15ClO4Se. The van der Waals surface area contributed by atoms with Crippen LogP contribution in [0.3, 0.4) is 0 Å². The summed E-state index contributed by atoms with van der Waals surface area (Å²) in [5.41, 5.74) is 3.75. The summed E-state index contributed by atoms with van der Waals surface area (Å²) < 4.78 is 40.9. The van der Waals surface area contributed by atoms with E-state index in [9.17, 15) is 14.0 Å². The predicted molar refractivity (Wildman–Crippen MR) is 97.0 cm³/mol. The molecule has 6 heteroatoms. The van der Waals surface area contributed by atoms with Gasteiger partial charge in [-0.2, -0.15) is 0 Å². The van der Waals surface area contributed by atoms with Crippen LogP contribution in [0.4, 0.5) is 0 Å². The second-order valence-electron chi connectivity index (χ2n) is 5.86. The van der Waals surface area contributed by atoms with Crippen molar-refractivity contribution in [1.82, 2.24) is 0 Å². The van der Waals surface area contributed by atoms with Gasteiger partial charge in [-0.15, -0.1) is 0 Å². The summed E-state index contributed by atoms with van der Waals surface area (Å²) in [6.45, 7) is 0. The molecule has 4 rings (SSSR count). The van der Waals surface area contributed by atoms with Crippen LogP contribution in [0.5, 0.6) is 0 Å². The maximum absolute atomic E-state index is 11.4. The average molecular weight is 446 g/mol. The fourth-order valence-corrected chi connectivity index (χ4v) is 8.06. The van der Waals surface area contributed by atoms with Gasteiger partial charge in [0, 0.05) is 0 Å². The molecule has 136 valence electrons. The van der Waals surface area contributed by atoms with E-state index in [4.69, 9.17) is 3.37 Å². The molecule has 1 aliphatic heterocycles. The first-order chi connectivity index (χ1) is 13.0. The van der Waals surface area contributed by atoms with Crippen LogP contribution in [0, 0.1) is 10.2 Å². The summed E-state index contributed by atoms with van der Waals surface area (Å²) >= 11 is -2.55. The molecule has 4 nitrogen and oxygen atoms in total. The molecule has 1 aliphatic rings. The Bertz CT molecular complexity index is 1020. The van der Waals surface area contributed by atoms with Gasteiger partial charge >= 0.3 is 164 Å². The molecule has 0 aliphatic carbocycles. The molecule has 0 aromatic heterocycles. The third-order valence-corrected chi connectivity index (χ3v) is 9.34. The zero-order valence-electron chi connectivity index (χ0n) is 14.1. The van der Waals surface area contributed by atoms with Gasteiger partial charge in [-0.05, 0) is 0 Å². The van der Waals surface area contributed by atoms with Crippen LogP contribution >= 0.6 is 0 Å². The molecule has 0 fully saturated rings. The van der Waals surface area contributed by atoms with E-state index in [0.29, 0.717) is 0 Å². The van der Waals surface area contributed by atoms with Crippen LogP contribution in [0.2, 0.25) is 0 Å². The van der Waals surface area contributed by atoms with Gasteiger partial charge in [-0.1, -0.05) is 0 Å². The molecule has 0 amide bonds. The van der Waals surface area contributed by atoms with Crippen molar-refractivity contribution in [3.05, 3.63) is 108 Å². The fraction of sp³-hybridized carbons (Fsp3) is 0. The van der Waals surface area contributed by atoms with E-state index < -0.39 is 24.0 Å². The molecule has 1 heterocycles. The van der Waals surface area contributed by atoms with Crippen molar-refractivity contribution in [2.24, 2.45) is 0 Å². The molecule has 1 unspecified atom stereocenters. The molecule has 0 radical (unpaired) electrons. The molecule has 3 aromatic carbocycles. The molecule has 27 heavy (non-hydrogen) atoms. The van der Waals surface area contributed by atoms with Crippen LogP contribution in [-0.4, -0.2) is 18.2 Å². The van der Waals surface area contributed by atoms with Gasteiger partial charge < -0.3 is 0 Å². The standard InChI is InChI=1S/C21H15ClO4Se/c23-22(24,25)26-27-20-14-8-7-13-18(20)19(16-9-3-1-4-10-16)15-21(27)17-11-5-2-6-12-17/h1-15H. The van der Waals surface area contributed by atoms with Gasteiger partial charge in [-0.25, -0.2) is 0 Å². The SMILES string of the molecule is [O-][Cl+3]([O-])([O-])O[Se]1=C(c2ccccc2)C=C(c2ccccc2)c2ccccc21. The van der Waals surface area contributed by atoms with Gasteiger partial charge in [-0.3, -0.25) is 0 Å². The van der Waals surface area contributed by atoms with E-state index in [1.807, 2.05) is 91.0 Å². The summed E-state index contributed by atoms with van der Waals surface area (Å²) in [4.78, 5) is 0. The van der Waals surface area contributed by atoms with Gasteiger partial charge in [0.05, 0.1) is 0 Å². The number of hydrogen-bond donors (Lipinski definition) is 0. The second-order valence-corrected chi connectivity index (χ2v) is 10.5. The molecule has 3 aromatic rings. The number of rotatable bonds is 4. The molecule has 0 N–H and O–H groups in total. The van der Waals surface area contributed by atoms with Crippen LogP contribution < -0.4 is 18.4 Å². The first-order valence-electron chi connectivity index (χ1n) is 8.17. The third kappa shape index (κ3) is 3.95. The van der Waals surface area contributed by atoms with Gasteiger partial charge in [0.15, 0.2) is 0 Å². The Morgan fingerprint density at radius 3 is 1.85 bits per heavy atom. The number of hydrogen-bond acceptors (Lipinski definition) is 4. The molecule has 0 saturated carbocycles. The molecule has 0 bridgehead atoms. The fourth-order valence-electron chi connectivity index (χ4n) is 3.03. The maximum atomic E-state index is 11.4. The minimum absolute atomic E-state index is 0.750. The molecule has 0 spiro atoms. The number of allylic oxidation sites excluding steroid dienone is 1. The van der Waals surface area contributed by atoms with Gasteiger partial charge in [0.25, 0.3) is 0 Å². The summed E-state index contributed by atoms with van der Waals surface area (Å²) in [5.74, 6) is 0. The van der Waals surface area contributed by atoms with Crippen molar-refractivity contribution >= 4 is 28.2 Å². The van der Waals surface area contributed by atoms with Crippen molar-refractivity contribution < 1.29 is 27.6 Å². The Morgan fingerprint density at radius 2 is 1.22 bits per heavy atom. The second kappa shape index (κ2) is 7.50. The first-order valence-corrected chi connectivity index (χ1v) is 11.8. The number of fused-ring (bicyclic) bond motifs is 1. The van der Waals surface area contributed by atoms with E-state index in [1.165, 1.54) is 0 Å². The van der Waals surface area contributed by atoms with Gasteiger partial charge in [0.1, 0.15) is 0 Å². The van der Waals surface area contributed by atoms with Crippen LogP contribution in [0.15, 0.2) is 91.0 Å². The Hall–Kier alpha value is -2.08. The number of halogens is 1. The van der Waals surface area contributed by atoms with E-state index in [-0.39, 0.29) is 0 Å². The van der Waals surface area contributed by atoms with E-state index >= 15 is 0 Å². The Labute approximate surface area is 163 Å². The van der Waals surface area contributed by atoms with E-state index in [2.05, 4.69) is 0 Å². The van der Waals surface area contributed by atoms with Crippen LogP contribution in [0.1, 0.15) is 16.7 Å². The number of benzene rings is 3. The first kappa shape index (κ1) is 18.3. The van der Waals surface area contributed by atoms with E-state index in [1.54, 1.807) is 0 Å². The normalized spacial score (nSPS) is 16.6. The quantitative estimate of drug-likeness (QED) is 0.532. The Morgan fingerprint density at radius 1 is 0.667 bits per heavy atom. The topological polar surface area (TPSA) is 78.4 Å². The average Bonchev–Trinajstić information content (AvgIpc) is 2.68. The van der Waals surface area contributed by atoms with Crippen molar-refractivity contribution in [3.63, 3.8) is 0 Å². The van der Waals surface area contributed by atoms with Crippen molar-refractivity contribution in [2.45, 2.75) is 0 Å². The van der Waals surface area contributed by atoms with Crippen molar-refractivity contribution in [1.29, 1.82) is 0 Å². The monoisotopic (exact) mass is 446 g/mol. The Balaban J connectivity index is 2.01. The summed E-state index contributed by atoms with van der Waals surface area (Å²) in [6, 6.07) is 26.8. The van der Waals surface area contributed by atoms with Crippen molar-refractivity contribution in [3.8, 4) is 0 Å². The predicted octanol–water partition coefficient (Wildman–Crippen LogP) is 0.0467. The molecule has 1 atom stereocenters. The summed E-state index contributed by atoms with van der Waals surface area (Å²) in [5, 5.41) is 0. The van der Waals surface area contributed by atoms with E-state index in [0.717, 1.165) is 31.1 Å². The van der Waals surface area contributed by atoms with Crippen LogP contribution in [-0.2, 0) is 3.37 Å². The van der Waals surface area contributed by atoms with Crippen LogP contribution in [0.25, 0.3) is 5.57 Å². The summed E-state index contributed by atoms with van der Waals surface area (Å²) in [7, 11) is -4.53. The zero-order chi connectivity index (χ0) is 18.9. The Kier molecular flexibility index (Phi) is 5.08. The molecular weight excluding hydrogens is 431 g/mol. The molecule has 0 saturated heterocycles. The summed E-state index contributed by atoms with van der Waals surface area (Å²) in [6.07, 6.45) is 1.96. The van der Waals surface area contributed by atoms with Gasteiger partial charge in [0.2, 0.25) is 0 Å². The third-order valence-electron chi connectivity index (χ3n) is 4.14. The zero-order valence-corrected chi connectivity index (χ0v) is 16.5. The van der Waals surface area contributed by atoms with Crippen molar-refractivity contribution in [2.75, 3.05) is 0 Å². The minimum atomic E-state index is -4.53.